The van der Waals surface area contributed by atoms with Crippen LogP contribution in [0.25, 0.3) is 17.0 Å². The summed E-state index contributed by atoms with van der Waals surface area (Å²) in [4.78, 5) is 11.9. The first-order valence-electron chi connectivity index (χ1n) is 6.71. The number of hydrogen-bond acceptors (Lipinski definition) is 3. The van der Waals surface area contributed by atoms with Crippen molar-refractivity contribution < 1.29 is 9.52 Å². The second kappa shape index (κ2) is 5.67. The van der Waals surface area contributed by atoms with Crippen molar-refractivity contribution in [2.45, 2.75) is 6.42 Å². The molecule has 0 radical (unpaired) electrons. The third-order valence-corrected chi connectivity index (χ3v) is 3.31. The lowest BCUT2D eigenvalue weighted by atomic mass is 10.1. The molecule has 3 heteroatoms. The van der Waals surface area contributed by atoms with Gasteiger partial charge in [0.1, 0.15) is 11.3 Å². The zero-order valence-corrected chi connectivity index (χ0v) is 11.3. The van der Waals surface area contributed by atoms with E-state index in [2.05, 4.69) is 0 Å². The third-order valence-electron chi connectivity index (χ3n) is 3.31. The highest BCUT2D eigenvalue weighted by molar-refractivity contribution is 5.84. The first-order chi connectivity index (χ1) is 10.3. The average molecular weight is 278 g/mol. The number of rotatable bonds is 3. The molecule has 0 saturated carbocycles. The molecule has 0 amide bonds. The van der Waals surface area contributed by atoms with Crippen LogP contribution in [0.1, 0.15) is 11.1 Å². The summed E-state index contributed by atoms with van der Waals surface area (Å²) in [6.07, 6.45) is 4.08. The molecule has 0 spiro atoms. The van der Waals surface area contributed by atoms with Gasteiger partial charge in [-0.05, 0) is 17.7 Å². The Morgan fingerprint density at radius 3 is 2.52 bits per heavy atom. The van der Waals surface area contributed by atoms with E-state index in [0.29, 0.717) is 17.4 Å². The Kier molecular flexibility index (Phi) is 3.56. The Labute approximate surface area is 121 Å². The topological polar surface area (TPSA) is 50.4 Å². The molecule has 21 heavy (non-hydrogen) atoms. The zero-order valence-electron chi connectivity index (χ0n) is 11.3. The number of aromatic hydroxyl groups is 1. The van der Waals surface area contributed by atoms with Crippen molar-refractivity contribution in [3.05, 3.63) is 82.2 Å². The molecule has 0 aliphatic heterocycles. The molecule has 0 aliphatic rings. The van der Waals surface area contributed by atoms with Gasteiger partial charge >= 0.3 is 5.63 Å². The Balaban J connectivity index is 1.94. The van der Waals surface area contributed by atoms with Crippen molar-refractivity contribution in [1.29, 1.82) is 0 Å². The predicted molar refractivity (Wildman–Crippen MR) is 83.3 cm³/mol. The smallest absolute Gasteiger partial charge is 0.343 e. The third kappa shape index (κ3) is 2.72. The van der Waals surface area contributed by atoms with E-state index in [0.717, 1.165) is 5.56 Å². The van der Waals surface area contributed by atoms with E-state index in [1.165, 1.54) is 0 Å². The molecule has 0 fully saturated rings. The molecule has 1 aromatic heterocycles. The minimum atomic E-state index is -0.496. The quantitative estimate of drug-likeness (QED) is 0.742. The van der Waals surface area contributed by atoms with Crippen LogP contribution in [0.15, 0.2) is 69.9 Å². The van der Waals surface area contributed by atoms with Crippen molar-refractivity contribution >= 4 is 17.0 Å². The van der Waals surface area contributed by atoms with Crippen molar-refractivity contribution in [1.82, 2.24) is 0 Å². The average Bonchev–Trinajstić information content (AvgIpc) is 2.51. The molecular formula is C18H14O3. The predicted octanol–water partition coefficient (Wildman–Crippen LogP) is 3.75. The van der Waals surface area contributed by atoms with Crippen LogP contribution in [-0.4, -0.2) is 5.11 Å². The minimum Gasteiger partial charge on any atom is -0.507 e. The van der Waals surface area contributed by atoms with Crippen molar-refractivity contribution in [3.63, 3.8) is 0 Å². The monoisotopic (exact) mass is 278 g/mol. The maximum atomic E-state index is 11.9. The summed E-state index contributed by atoms with van der Waals surface area (Å²) >= 11 is 0. The molecule has 3 nitrogen and oxygen atoms in total. The minimum absolute atomic E-state index is 0.000406. The fourth-order valence-corrected chi connectivity index (χ4v) is 2.23. The van der Waals surface area contributed by atoms with Gasteiger partial charge < -0.3 is 9.52 Å². The van der Waals surface area contributed by atoms with Gasteiger partial charge in [0.25, 0.3) is 0 Å². The molecule has 0 bridgehead atoms. The van der Waals surface area contributed by atoms with Crippen molar-refractivity contribution in [2.75, 3.05) is 0 Å². The Hall–Kier alpha value is -2.81. The van der Waals surface area contributed by atoms with Crippen LogP contribution in [0.2, 0.25) is 0 Å². The summed E-state index contributed by atoms with van der Waals surface area (Å²) in [7, 11) is 0. The first kappa shape index (κ1) is 13.2. The van der Waals surface area contributed by atoms with Crippen LogP contribution in [0.5, 0.6) is 5.75 Å². The van der Waals surface area contributed by atoms with Gasteiger partial charge in [-0.3, -0.25) is 0 Å². The van der Waals surface area contributed by atoms with Gasteiger partial charge in [0.15, 0.2) is 0 Å². The second-order valence-electron chi connectivity index (χ2n) is 4.73. The standard InChI is InChI=1S/C18H14O3/c19-17-14-10-4-5-12-16(14)21-18(20)15(17)11-6-9-13-7-2-1-3-8-13/h1-10,12,19H,11H2. The van der Waals surface area contributed by atoms with Gasteiger partial charge in [0.2, 0.25) is 0 Å². The van der Waals surface area contributed by atoms with Crippen LogP contribution < -0.4 is 5.63 Å². The Morgan fingerprint density at radius 2 is 1.71 bits per heavy atom. The SMILES string of the molecule is O=c1oc2ccccc2c(O)c1CC=Cc1ccccc1. The molecule has 1 heterocycles. The Bertz CT molecular complexity index is 845. The normalized spacial score (nSPS) is 11.2. The van der Waals surface area contributed by atoms with Gasteiger partial charge in [0.05, 0.1) is 10.9 Å². The molecule has 0 unspecified atom stereocenters. The van der Waals surface area contributed by atoms with E-state index >= 15 is 0 Å². The molecule has 104 valence electrons. The van der Waals surface area contributed by atoms with Crippen LogP contribution in [0.4, 0.5) is 0 Å². The van der Waals surface area contributed by atoms with Gasteiger partial charge in [0, 0.05) is 6.42 Å². The van der Waals surface area contributed by atoms with Crippen LogP contribution in [0.3, 0.4) is 0 Å². The molecule has 3 aromatic rings. The molecule has 3 rings (SSSR count). The van der Waals surface area contributed by atoms with Crippen molar-refractivity contribution in [2.24, 2.45) is 0 Å². The lowest BCUT2D eigenvalue weighted by molar-refractivity contribution is 0.459. The summed E-state index contributed by atoms with van der Waals surface area (Å²) in [6, 6.07) is 16.7. The lowest BCUT2D eigenvalue weighted by Gasteiger charge is -2.04. The van der Waals surface area contributed by atoms with Gasteiger partial charge in [-0.1, -0.05) is 54.6 Å². The molecule has 0 atom stereocenters. The van der Waals surface area contributed by atoms with E-state index in [9.17, 15) is 9.90 Å². The summed E-state index contributed by atoms with van der Waals surface area (Å²) in [5.41, 5.74) is 1.22. The number of hydrogen-bond donors (Lipinski definition) is 1. The highest BCUT2D eigenvalue weighted by Crippen LogP contribution is 2.26. The largest absolute Gasteiger partial charge is 0.507 e. The maximum absolute atomic E-state index is 11.9. The number of allylic oxidation sites excluding steroid dienone is 1. The molecular weight excluding hydrogens is 264 g/mol. The fourth-order valence-electron chi connectivity index (χ4n) is 2.23. The number of para-hydroxylation sites is 1. The number of benzene rings is 2. The first-order valence-corrected chi connectivity index (χ1v) is 6.71. The van der Waals surface area contributed by atoms with E-state index in [1.807, 2.05) is 42.5 Å². The van der Waals surface area contributed by atoms with E-state index < -0.39 is 5.63 Å². The second-order valence-corrected chi connectivity index (χ2v) is 4.73. The molecule has 1 N–H and O–H groups in total. The van der Waals surface area contributed by atoms with Crippen LogP contribution in [-0.2, 0) is 6.42 Å². The molecule has 0 aliphatic carbocycles. The summed E-state index contributed by atoms with van der Waals surface area (Å²) in [6.45, 7) is 0. The fraction of sp³-hybridized carbons (Fsp3) is 0.0556. The highest BCUT2D eigenvalue weighted by Gasteiger charge is 2.11. The number of fused-ring (bicyclic) bond motifs is 1. The van der Waals surface area contributed by atoms with Gasteiger partial charge in [-0.25, -0.2) is 4.79 Å². The summed E-state index contributed by atoms with van der Waals surface area (Å²) in [5, 5.41) is 10.8. The van der Waals surface area contributed by atoms with E-state index in [4.69, 9.17) is 4.42 Å². The van der Waals surface area contributed by atoms with Gasteiger partial charge in [-0.2, -0.15) is 0 Å². The highest BCUT2D eigenvalue weighted by atomic mass is 16.4. The molecule has 0 saturated heterocycles. The van der Waals surface area contributed by atoms with Crippen molar-refractivity contribution in [3.8, 4) is 5.75 Å². The Morgan fingerprint density at radius 1 is 1.00 bits per heavy atom. The van der Waals surface area contributed by atoms with E-state index in [1.54, 1.807) is 24.3 Å². The maximum Gasteiger partial charge on any atom is 0.343 e. The zero-order chi connectivity index (χ0) is 14.7. The van der Waals surface area contributed by atoms with Gasteiger partial charge in [-0.15, -0.1) is 0 Å². The van der Waals surface area contributed by atoms with E-state index in [-0.39, 0.29) is 11.3 Å². The van der Waals surface area contributed by atoms with Crippen LogP contribution in [0, 0.1) is 0 Å². The molecule has 2 aromatic carbocycles. The lowest BCUT2D eigenvalue weighted by Crippen LogP contribution is -2.06. The summed E-state index contributed by atoms with van der Waals surface area (Å²) in [5.74, 6) is -0.000406. The van der Waals surface area contributed by atoms with Crippen LogP contribution >= 0.6 is 0 Å². The summed E-state index contributed by atoms with van der Waals surface area (Å²) < 4.78 is 5.23.